The Bertz CT molecular complexity index is 639. The highest BCUT2D eigenvalue weighted by molar-refractivity contribution is 5.81. The average Bonchev–Trinajstić information content (AvgIpc) is 3.51. The number of nitrogens with one attached hydrogen (secondary N) is 2. The Labute approximate surface area is 156 Å². The van der Waals surface area contributed by atoms with Gasteiger partial charge in [0.1, 0.15) is 0 Å². The molecule has 140 valence electrons. The number of rotatable bonds is 6. The molecular weight excluding hydrogens is 324 g/mol. The van der Waals surface area contributed by atoms with Crippen molar-refractivity contribution in [1.29, 1.82) is 0 Å². The van der Waals surface area contributed by atoms with E-state index in [4.69, 9.17) is 4.99 Å². The van der Waals surface area contributed by atoms with Gasteiger partial charge in [-0.2, -0.15) is 0 Å². The molecule has 0 radical (unpaired) electrons. The SMILES string of the molecule is CCNC(=NCCNC(=O)C1CC1)N1CCC(=Cc2ccccc2)CC1. The molecule has 5 nitrogen and oxygen atoms in total. The van der Waals surface area contributed by atoms with Gasteiger partial charge in [-0.25, -0.2) is 0 Å². The summed E-state index contributed by atoms with van der Waals surface area (Å²) in [4.78, 5) is 18.7. The average molecular weight is 354 g/mol. The fraction of sp³-hybridized carbons (Fsp3) is 0.524. The smallest absolute Gasteiger partial charge is 0.223 e. The summed E-state index contributed by atoms with van der Waals surface area (Å²) in [5, 5.41) is 6.36. The second-order valence-electron chi connectivity index (χ2n) is 7.00. The largest absolute Gasteiger partial charge is 0.357 e. The van der Waals surface area contributed by atoms with Crippen LogP contribution in [-0.4, -0.2) is 49.5 Å². The Morgan fingerprint density at radius 2 is 1.92 bits per heavy atom. The molecule has 1 saturated heterocycles. The van der Waals surface area contributed by atoms with E-state index in [0.29, 0.717) is 13.1 Å². The standard InChI is InChI=1S/C21H30N4O/c1-2-22-21(24-13-12-23-20(26)19-8-9-19)25-14-10-18(11-15-25)16-17-6-4-3-5-7-17/h3-7,16,19H,2,8-15H2,1H3,(H,22,24)(H,23,26). The lowest BCUT2D eigenvalue weighted by Gasteiger charge is -2.31. The zero-order valence-corrected chi connectivity index (χ0v) is 15.7. The number of benzene rings is 1. The first kappa shape index (κ1) is 18.5. The van der Waals surface area contributed by atoms with Crippen molar-refractivity contribution in [3.05, 3.63) is 41.5 Å². The molecule has 0 aromatic heterocycles. The van der Waals surface area contributed by atoms with Crippen LogP contribution in [0.25, 0.3) is 6.08 Å². The number of aliphatic imine (C=N–C) groups is 1. The van der Waals surface area contributed by atoms with Gasteiger partial charge in [0, 0.05) is 32.1 Å². The fourth-order valence-corrected chi connectivity index (χ4v) is 3.19. The van der Waals surface area contributed by atoms with Crippen LogP contribution in [0.5, 0.6) is 0 Å². The summed E-state index contributed by atoms with van der Waals surface area (Å²) in [6.07, 6.45) is 6.54. The van der Waals surface area contributed by atoms with Gasteiger partial charge in [0.15, 0.2) is 5.96 Å². The van der Waals surface area contributed by atoms with Crippen LogP contribution in [0.1, 0.15) is 38.2 Å². The van der Waals surface area contributed by atoms with Crippen molar-refractivity contribution in [3.63, 3.8) is 0 Å². The van der Waals surface area contributed by atoms with E-state index in [9.17, 15) is 4.79 Å². The number of piperidine rings is 1. The minimum absolute atomic E-state index is 0.193. The number of carbonyl (C=O) groups is 1. The third kappa shape index (κ3) is 5.61. The van der Waals surface area contributed by atoms with Gasteiger partial charge in [0.2, 0.25) is 5.91 Å². The number of hydrogen-bond acceptors (Lipinski definition) is 2. The van der Waals surface area contributed by atoms with Crippen molar-refractivity contribution in [3.8, 4) is 0 Å². The Morgan fingerprint density at radius 1 is 1.19 bits per heavy atom. The van der Waals surface area contributed by atoms with Crippen LogP contribution in [-0.2, 0) is 4.79 Å². The maximum atomic E-state index is 11.7. The summed E-state index contributed by atoms with van der Waals surface area (Å²) in [6, 6.07) is 10.5. The second kappa shape index (κ2) is 9.41. The first-order chi connectivity index (χ1) is 12.8. The fourth-order valence-electron chi connectivity index (χ4n) is 3.19. The number of nitrogens with zero attached hydrogens (tertiary/aromatic N) is 2. The Morgan fingerprint density at radius 3 is 2.58 bits per heavy atom. The summed E-state index contributed by atoms with van der Waals surface area (Å²) in [7, 11) is 0. The van der Waals surface area contributed by atoms with E-state index in [2.05, 4.69) is 58.9 Å². The van der Waals surface area contributed by atoms with Crippen molar-refractivity contribution in [2.24, 2.45) is 10.9 Å². The minimum Gasteiger partial charge on any atom is -0.357 e. The molecule has 1 amide bonds. The van der Waals surface area contributed by atoms with Crippen LogP contribution >= 0.6 is 0 Å². The molecule has 2 aliphatic rings. The van der Waals surface area contributed by atoms with Crippen LogP contribution in [0, 0.1) is 5.92 Å². The monoisotopic (exact) mass is 354 g/mol. The molecule has 26 heavy (non-hydrogen) atoms. The number of hydrogen-bond donors (Lipinski definition) is 2. The molecule has 5 heteroatoms. The lowest BCUT2D eigenvalue weighted by molar-refractivity contribution is -0.122. The molecule has 0 spiro atoms. The Balaban J connectivity index is 1.48. The number of likely N-dealkylation sites (tertiary alicyclic amines) is 1. The van der Waals surface area contributed by atoms with Crippen LogP contribution in [0.3, 0.4) is 0 Å². The zero-order chi connectivity index (χ0) is 18.2. The highest BCUT2D eigenvalue weighted by Crippen LogP contribution is 2.28. The highest BCUT2D eigenvalue weighted by Gasteiger charge is 2.29. The Kier molecular flexibility index (Phi) is 6.69. The topological polar surface area (TPSA) is 56.7 Å². The maximum absolute atomic E-state index is 11.7. The Hall–Kier alpha value is -2.30. The van der Waals surface area contributed by atoms with Crippen LogP contribution in [0.2, 0.25) is 0 Å². The van der Waals surface area contributed by atoms with E-state index < -0.39 is 0 Å². The molecule has 1 aliphatic carbocycles. The molecule has 1 aliphatic heterocycles. The summed E-state index contributed by atoms with van der Waals surface area (Å²) in [6.45, 7) is 6.17. The van der Waals surface area contributed by atoms with Crippen LogP contribution < -0.4 is 10.6 Å². The normalized spacial score (nSPS) is 17.8. The maximum Gasteiger partial charge on any atom is 0.223 e. The quantitative estimate of drug-likeness (QED) is 0.469. The third-order valence-electron chi connectivity index (χ3n) is 4.83. The molecule has 0 bridgehead atoms. The molecule has 3 rings (SSSR count). The van der Waals surface area contributed by atoms with Crippen molar-refractivity contribution in [2.75, 3.05) is 32.7 Å². The highest BCUT2D eigenvalue weighted by atomic mass is 16.2. The summed E-state index contributed by atoms with van der Waals surface area (Å²) >= 11 is 0. The molecule has 1 aromatic carbocycles. The molecule has 0 atom stereocenters. The first-order valence-corrected chi connectivity index (χ1v) is 9.81. The molecule has 2 N–H and O–H groups in total. The number of amides is 1. The van der Waals surface area contributed by atoms with Gasteiger partial charge < -0.3 is 15.5 Å². The van der Waals surface area contributed by atoms with Crippen molar-refractivity contribution >= 4 is 17.9 Å². The minimum atomic E-state index is 0.193. The molecule has 1 aromatic rings. The molecular formula is C21H30N4O. The van der Waals surface area contributed by atoms with Gasteiger partial charge in [0.05, 0.1) is 6.54 Å². The van der Waals surface area contributed by atoms with Crippen molar-refractivity contribution in [2.45, 2.75) is 32.6 Å². The molecule has 1 heterocycles. The number of carbonyl (C=O) groups excluding carboxylic acids is 1. The van der Waals surface area contributed by atoms with Crippen LogP contribution in [0.15, 0.2) is 40.9 Å². The molecule has 1 saturated carbocycles. The van der Waals surface area contributed by atoms with Gasteiger partial charge in [-0.15, -0.1) is 0 Å². The first-order valence-electron chi connectivity index (χ1n) is 9.81. The van der Waals surface area contributed by atoms with E-state index in [-0.39, 0.29) is 11.8 Å². The third-order valence-corrected chi connectivity index (χ3v) is 4.83. The van der Waals surface area contributed by atoms with Gasteiger partial charge in [0.25, 0.3) is 0 Å². The summed E-state index contributed by atoms with van der Waals surface area (Å²) in [5.41, 5.74) is 2.78. The van der Waals surface area contributed by atoms with Gasteiger partial charge in [-0.3, -0.25) is 9.79 Å². The lowest BCUT2D eigenvalue weighted by atomic mass is 10.0. The lowest BCUT2D eigenvalue weighted by Crippen LogP contribution is -2.44. The van der Waals surface area contributed by atoms with Crippen molar-refractivity contribution < 1.29 is 4.79 Å². The molecule has 0 unspecified atom stereocenters. The summed E-state index contributed by atoms with van der Waals surface area (Å²) in [5.74, 6) is 1.43. The van der Waals surface area contributed by atoms with Gasteiger partial charge in [-0.1, -0.05) is 42.0 Å². The van der Waals surface area contributed by atoms with E-state index >= 15 is 0 Å². The van der Waals surface area contributed by atoms with Gasteiger partial charge in [-0.05, 0) is 38.2 Å². The van der Waals surface area contributed by atoms with Crippen molar-refractivity contribution in [1.82, 2.24) is 15.5 Å². The predicted octanol–water partition coefficient (Wildman–Crippen LogP) is 2.66. The van der Waals surface area contributed by atoms with Gasteiger partial charge >= 0.3 is 0 Å². The van der Waals surface area contributed by atoms with E-state index in [0.717, 1.165) is 51.3 Å². The zero-order valence-electron chi connectivity index (χ0n) is 15.7. The van der Waals surface area contributed by atoms with E-state index in [1.807, 2.05) is 0 Å². The summed E-state index contributed by atoms with van der Waals surface area (Å²) < 4.78 is 0. The predicted molar refractivity (Wildman–Crippen MR) is 107 cm³/mol. The second-order valence-corrected chi connectivity index (χ2v) is 7.00. The molecule has 2 fully saturated rings. The number of guanidine groups is 1. The van der Waals surface area contributed by atoms with E-state index in [1.54, 1.807) is 0 Å². The van der Waals surface area contributed by atoms with E-state index in [1.165, 1.54) is 11.1 Å². The van der Waals surface area contributed by atoms with Crippen LogP contribution in [0.4, 0.5) is 0 Å².